The Bertz CT molecular complexity index is 612. The maximum Gasteiger partial charge on any atom is 0.351 e. The molecule has 0 radical (unpaired) electrons. The Labute approximate surface area is 112 Å². The first kappa shape index (κ1) is 13.0. The van der Waals surface area contributed by atoms with E-state index in [-0.39, 0.29) is 15.8 Å². The van der Waals surface area contributed by atoms with Gasteiger partial charge < -0.3 is 4.74 Å². The summed E-state index contributed by atoms with van der Waals surface area (Å²) in [5, 5.41) is 0.572. The molecule has 0 aliphatic heterocycles. The molecule has 0 aliphatic carbocycles. The minimum Gasteiger partial charge on any atom is -0.465 e. The number of hydrogen-bond acceptors (Lipinski definition) is 4. The van der Waals surface area contributed by atoms with E-state index in [2.05, 4.69) is 9.72 Å². The fourth-order valence-electron chi connectivity index (χ4n) is 1.46. The molecular weight excluding hydrogens is 277 g/mol. The van der Waals surface area contributed by atoms with Gasteiger partial charge in [0.2, 0.25) is 0 Å². The molecule has 94 valence electrons. The molecule has 0 amide bonds. The minimum absolute atomic E-state index is 0.0745. The Morgan fingerprint density at radius 3 is 2.89 bits per heavy atom. The molecule has 6 heteroatoms. The normalized spacial score (nSPS) is 10.4. The molecule has 0 N–H and O–H groups in total. The highest BCUT2D eigenvalue weighted by Gasteiger charge is 2.19. The Morgan fingerprint density at radius 1 is 1.50 bits per heavy atom. The van der Waals surface area contributed by atoms with E-state index in [9.17, 15) is 9.18 Å². The van der Waals surface area contributed by atoms with Crippen LogP contribution in [0.4, 0.5) is 4.39 Å². The van der Waals surface area contributed by atoms with Gasteiger partial charge in [0.25, 0.3) is 0 Å². The van der Waals surface area contributed by atoms with Gasteiger partial charge >= 0.3 is 5.97 Å². The maximum atomic E-state index is 13.2. The molecule has 1 aromatic heterocycles. The molecule has 2 rings (SSSR count). The molecule has 18 heavy (non-hydrogen) atoms. The van der Waals surface area contributed by atoms with Crippen molar-refractivity contribution in [2.75, 3.05) is 7.11 Å². The van der Waals surface area contributed by atoms with Crippen molar-refractivity contribution in [3.8, 4) is 10.6 Å². The van der Waals surface area contributed by atoms with Gasteiger partial charge in [-0.05, 0) is 24.6 Å². The molecule has 0 saturated heterocycles. The van der Waals surface area contributed by atoms with Gasteiger partial charge in [0.1, 0.15) is 10.8 Å². The zero-order valence-electron chi connectivity index (χ0n) is 9.66. The number of rotatable bonds is 2. The van der Waals surface area contributed by atoms with Gasteiger partial charge in [0.05, 0.1) is 7.11 Å². The number of methoxy groups -OCH3 is 1. The van der Waals surface area contributed by atoms with E-state index in [1.807, 2.05) is 6.92 Å². The first-order valence-corrected chi connectivity index (χ1v) is 6.23. The second kappa shape index (κ2) is 5.04. The molecule has 3 nitrogen and oxygen atoms in total. The van der Waals surface area contributed by atoms with Crippen LogP contribution in [0.1, 0.15) is 15.2 Å². The number of esters is 1. The number of hydrogen-bond donors (Lipinski definition) is 0. The SMILES string of the molecule is COC(=O)c1sc(-c2cc(F)ccc2C)nc1Cl. The van der Waals surface area contributed by atoms with E-state index in [1.165, 1.54) is 19.2 Å². The third-order valence-corrected chi connectivity index (χ3v) is 3.84. The van der Waals surface area contributed by atoms with Crippen molar-refractivity contribution in [1.29, 1.82) is 0 Å². The number of carbonyl (C=O) groups is 1. The molecule has 2 aromatic rings. The summed E-state index contributed by atoms with van der Waals surface area (Å²) in [5.41, 5.74) is 1.48. The number of benzene rings is 1. The molecule has 0 spiro atoms. The topological polar surface area (TPSA) is 39.2 Å². The minimum atomic E-state index is -0.544. The summed E-state index contributed by atoms with van der Waals surface area (Å²) in [6.07, 6.45) is 0. The largest absolute Gasteiger partial charge is 0.465 e. The number of carbonyl (C=O) groups excluding carboxylic acids is 1. The van der Waals surface area contributed by atoms with E-state index in [0.29, 0.717) is 10.6 Å². The predicted octanol–water partition coefficient (Wildman–Crippen LogP) is 3.70. The molecule has 0 bridgehead atoms. The van der Waals surface area contributed by atoms with Crippen molar-refractivity contribution in [3.05, 3.63) is 39.6 Å². The lowest BCUT2D eigenvalue weighted by Crippen LogP contribution is -1.98. The summed E-state index contributed by atoms with van der Waals surface area (Å²) in [6.45, 7) is 1.84. The Kier molecular flexibility index (Phi) is 3.63. The van der Waals surface area contributed by atoms with E-state index < -0.39 is 5.97 Å². The number of halogens is 2. The first-order chi connectivity index (χ1) is 8.52. The fourth-order valence-corrected chi connectivity index (χ4v) is 2.74. The summed E-state index contributed by atoms with van der Waals surface area (Å²) in [5.74, 6) is -0.903. The van der Waals surface area contributed by atoms with Gasteiger partial charge in [-0.25, -0.2) is 14.2 Å². The lowest BCUT2D eigenvalue weighted by Gasteiger charge is -2.01. The van der Waals surface area contributed by atoms with Crippen LogP contribution in [-0.4, -0.2) is 18.1 Å². The highest BCUT2D eigenvalue weighted by atomic mass is 35.5. The molecule has 0 atom stereocenters. The van der Waals surface area contributed by atoms with Gasteiger partial charge in [-0.1, -0.05) is 17.7 Å². The molecule has 0 aliphatic rings. The van der Waals surface area contributed by atoms with Crippen LogP contribution < -0.4 is 0 Å². The van der Waals surface area contributed by atoms with E-state index >= 15 is 0 Å². The fraction of sp³-hybridized carbons (Fsp3) is 0.167. The van der Waals surface area contributed by atoms with Crippen molar-refractivity contribution in [2.45, 2.75) is 6.92 Å². The van der Waals surface area contributed by atoms with Crippen molar-refractivity contribution in [3.63, 3.8) is 0 Å². The Hall–Kier alpha value is -1.46. The van der Waals surface area contributed by atoms with Gasteiger partial charge in [-0.2, -0.15) is 0 Å². The van der Waals surface area contributed by atoms with Gasteiger partial charge in [-0.15, -0.1) is 11.3 Å². The van der Waals surface area contributed by atoms with Crippen LogP contribution in [0.3, 0.4) is 0 Å². The van der Waals surface area contributed by atoms with Crippen LogP contribution in [0.2, 0.25) is 5.15 Å². The molecule has 1 aromatic carbocycles. The lowest BCUT2D eigenvalue weighted by atomic mass is 10.1. The van der Waals surface area contributed by atoms with Crippen LogP contribution in [0.15, 0.2) is 18.2 Å². The summed E-state index contributed by atoms with van der Waals surface area (Å²) in [4.78, 5) is 15.7. The highest BCUT2D eigenvalue weighted by Crippen LogP contribution is 2.33. The van der Waals surface area contributed by atoms with Gasteiger partial charge in [0, 0.05) is 5.56 Å². The average Bonchev–Trinajstić information content (AvgIpc) is 2.73. The van der Waals surface area contributed by atoms with Gasteiger partial charge in [0.15, 0.2) is 10.0 Å². The van der Waals surface area contributed by atoms with E-state index in [0.717, 1.165) is 16.9 Å². The average molecular weight is 286 g/mol. The number of ether oxygens (including phenoxy) is 1. The quantitative estimate of drug-likeness (QED) is 0.790. The number of aryl methyl sites for hydroxylation is 1. The summed E-state index contributed by atoms with van der Waals surface area (Å²) in [6, 6.07) is 4.39. The van der Waals surface area contributed by atoms with Crippen molar-refractivity contribution >= 4 is 28.9 Å². The van der Waals surface area contributed by atoms with Crippen molar-refractivity contribution < 1.29 is 13.9 Å². The Morgan fingerprint density at radius 2 is 2.22 bits per heavy atom. The second-order valence-corrected chi connectivity index (χ2v) is 4.95. The van der Waals surface area contributed by atoms with Gasteiger partial charge in [-0.3, -0.25) is 0 Å². The Balaban J connectivity index is 2.52. The maximum absolute atomic E-state index is 13.2. The summed E-state index contributed by atoms with van der Waals surface area (Å²) in [7, 11) is 1.27. The third-order valence-electron chi connectivity index (χ3n) is 2.39. The first-order valence-electron chi connectivity index (χ1n) is 5.04. The van der Waals surface area contributed by atoms with Crippen LogP contribution >= 0.6 is 22.9 Å². The molecular formula is C12H9ClFNO2S. The van der Waals surface area contributed by atoms with Crippen LogP contribution in [0.5, 0.6) is 0 Å². The smallest absolute Gasteiger partial charge is 0.351 e. The van der Waals surface area contributed by atoms with E-state index in [1.54, 1.807) is 6.07 Å². The standard InChI is InChI=1S/C12H9ClFNO2S/c1-6-3-4-7(14)5-8(6)11-15-10(13)9(18-11)12(16)17-2/h3-5H,1-2H3. The summed E-state index contributed by atoms with van der Waals surface area (Å²) < 4.78 is 17.8. The van der Waals surface area contributed by atoms with Crippen molar-refractivity contribution in [2.24, 2.45) is 0 Å². The zero-order chi connectivity index (χ0) is 13.3. The lowest BCUT2D eigenvalue weighted by molar-refractivity contribution is 0.0606. The van der Waals surface area contributed by atoms with Crippen LogP contribution in [0, 0.1) is 12.7 Å². The monoisotopic (exact) mass is 285 g/mol. The van der Waals surface area contributed by atoms with Crippen molar-refractivity contribution in [1.82, 2.24) is 4.98 Å². The van der Waals surface area contributed by atoms with Crippen LogP contribution in [-0.2, 0) is 4.74 Å². The summed E-state index contributed by atoms with van der Waals surface area (Å²) >= 11 is 6.95. The zero-order valence-corrected chi connectivity index (χ0v) is 11.2. The number of nitrogens with zero attached hydrogens (tertiary/aromatic N) is 1. The molecule has 1 heterocycles. The van der Waals surface area contributed by atoms with E-state index in [4.69, 9.17) is 11.6 Å². The second-order valence-electron chi connectivity index (χ2n) is 3.59. The third kappa shape index (κ3) is 2.37. The number of aromatic nitrogens is 1. The van der Waals surface area contributed by atoms with Crippen LogP contribution in [0.25, 0.3) is 10.6 Å². The molecule has 0 unspecified atom stereocenters. The molecule has 0 saturated carbocycles. The highest BCUT2D eigenvalue weighted by molar-refractivity contribution is 7.17. The molecule has 0 fully saturated rings. The predicted molar refractivity (Wildman–Crippen MR) is 68.6 cm³/mol. The number of thiazole rings is 1.